The molecule has 0 unspecified atom stereocenters. The van der Waals surface area contributed by atoms with Gasteiger partial charge >= 0.3 is 0 Å². The lowest BCUT2D eigenvalue weighted by Crippen LogP contribution is -2.16. The number of halogens is 1. The van der Waals surface area contributed by atoms with Gasteiger partial charge in [-0.1, -0.05) is 59.2 Å². The average Bonchev–Trinajstić information content (AvgIpc) is 3.09. The molecule has 1 amide bonds. The van der Waals surface area contributed by atoms with Crippen molar-refractivity contribution < 1.29 is 9.32 Å². The van der Waals surface area contributed by atoms with Gasteiger partial charge in [0.1, 0.15) is 0 Å². The van der Waals surface area contributed by atoms with Crippen molar-refractivity contribution in [2.75, 3.05) is 5.32 Å². The van der Waals surface area contributed by atoms with E-state index in [-0.39, 0.29) is 11.8 Å². The highest BCUT2D eigenvalue weighted by atomic mass is 79.9. The summed E-state index contributed by atoms with van der Waals surface area (Å²) in [4.78, 5) is 17.0. The lowest BCUT2D eigenvalue weighted by molar-refractivity contribution is -0.115. The number of carbonyl (C=O) groups is 1. The zero-order valence-corrected chi connectivity index (χ0v) is 16.5. The second-order valence-electron chi connectivity index (χ2n) is 6.46. The van der Waals surface area contributed by atoms with Crippen molar-refractivity contribution in [2.45, 2.75) is 33.1 Å². The minimum atomic E-state index is -0.0912. The smallest absolute Gasteiger partial charge is 0.260 e. The number of aromatic nitrogens is 2. The Bertz CT molecular complexity index is 917. The van der Waals surface area contributed by atoms with Gasteiger partial charge in [-0.05, 0) is 36.2 Å². The number of benzene rings is 2. The van der Waals surface area contributed by atoms with Crippen LogP contribution in [0.5, 0.6) is 0 Å². The van der Waals surface area contributed by atoms with E-state index in [0.717, 1.165) is 21.2 Å². The number of carbonyl (C=O) groups excluding carboxylic acids is 1. The first kappa shape index (κ1) is 18.3. The van der Waals surface area contributed by atoms with Gasteiger partial charge in [0.15, 0.2) is 5.82 Å². The van der Waals surface area contributed by atoms with Gasteiger partial charge < -0.3 is 9.84 Å². The second kappa shape index (κ2) is 7.83. The van der Waals surface area contributed by atoms with Crippen molar-refractivity contribution in [1.82, 2.24) is 10.1 Å². The maximum absolute atomic E-state index is 12.5. The fraction of sp³-hybridized carbons (Fsp3) is 0.250. The minimum Gasteiger partial charge on any atom is -0.334 e. The zero-order chi connectivity index (χ0) is 18.7. The summed E-state index contributed by atoms with van der Waals surface area (Å²) in [5.74, 6) is 1.14. The molecule has 3 rings (SSSR count). The quantitative estimate of drug-likeness (QED) is 0.630. The standard InChI is InChI=1S/C20H20BrN3O2/c1-12(2)19-23-20(26-24-19)16-6-4-5-13(3)18(16)22-17(25)11-14-7-9-15(21)10-8-14/h4-10,12H,11H2,1-3H3,(H,22,25). The molecular formula is C20H20BrN3O2. The lowest BCUT2D eigenvalue weighted by Gasteiger charge is -2.12. The predicted molar refractivity (Wildman–Crippen MR) is 105 cm³/mol. The predicted octanol–water partition coefficient (Wildman–Crippen LogP) is 5.11. The van der Waals surface area contributed by atoms with Crippen LogP contribution in [0.15, 0.2) is 51.5 Å². The third-order valence-electron chi connectivity index (χ3n) is 4.00. The van der Waals surface area contributed by atoms with E-state index in [4.69, 9.17) is 4.52 Å². The van der Waals surface area contributed by atoms with Crippen LogP contribution in [0.3, 0.4) is 0 Å². The van der Waals surface area contributed by atoms with Crippen molar-refractivity contribution in [3.8, 4) is 11.5 Å². The van der Waals surface area contributed by atoms with E-state index in [0.29, 0.717) is 23.8 Å². The van der Waals surface area contributed by atoms with Gasteiger partial charge in [-0.25, -0.2) is 0 Å². The average molecular weight is 414 g/mol. The molecular weight excluding hydrogens is 394 g/mol. The highest BCUT2D eigenvalue weighted by molar-refractivity contribution is 9.10. The van der Waals surface area contributed by atoms with E-state index in [1.165, 1.54) is 0 Å². The van der Waals surface area contributed by atoms with Crippen LogP contribution in [0, 0.1) is 6.92 Å². The third-order valence-corrected chi connectivity index (χ3v) is 4.53. The fourth-order valence-electron chi connectivity index (χ4n) is 2.56. The summed E-state index contributed by atoms with van der Waals surface area (Å²) in [6.07, 6.45) is 0.294. The normalized spacial score (nSPS) is 11.0. The maximum Gasteiger partial charge on any atom is 0.260 e. The largest absolute Gasteiger partial charge is 0.334 e. The summed E-state index contributed by atoms with van der Waals surface area (Å²) in [6, 6.07) is 13.4. The molecule has 0 aliphatic rings. The Hall–Kier alpha value is -2.47. The SMILES string of the molecule is Cc1cccc(-c2nc(C(C)C)no2)c1NC(=O)Cc1ccc(Br)cc1. The molecule has 0 saturated carbocycles. The Balaban J connectivity index is 1.84. The monoisotopic (exact) mass is 413 g/mol. The number of aryl methyl sites for hydroxylation is 1. The van der Waals surface area contributed by atoms with Gasteiger partial charge in [-0.2, -0.15) is 4.98 Å². The molecule has 26 heavy (non-hydrogen) atoms. The molecule has 1 aromatic heterocycles. The first-order chi connectivity index (χ1) is 12.4. The number of amides is 1. The molecule has 0 fully saturated rings. The minimum absolute atomic E-state index is 0.0912. The van der Waals surface area contributed by atoms with Gasteiger partial charge in [0, 0.05) is 10.4 Å². The molecule has 0 atom stereocenters. The first-order valence-electron chi connectivity index (χ1n) is 8.42. The van der Waals surface area contributed by atoms with E-state index >= 15 is 0 Å². The van der Waals surface area contributed by atoms with Crippen LogP contribution in [0.2, 0.25) is 0 Å². The molecule has 0 bridgehead atoms. The Morgan fingerprint density at radius 3 is 2.58 bits per heavy atom. The molecule has 0 aliphatic carbocycles. The lowest BCUT2D eigenvalue weighted by atomic mass is 10.1. The zero-order valence-electron chi connectivity index (χ0n) is 14.9. The van der Waals surface area contributed by atoms with Gasteiger partial charge in [-0.3, -0.25) is 4.79 Å². The summed E-state index contributed by atoms with van der Waals surface area (Å²) in [7, 11) is 0. The molecule has 6 heteroatoms. The number of nitrogens with one attached hydrogen (secondary N) is 1. The molecule has 0 spiro atoms. The Labute approximate surface area is 160 Å². The van der Waals surface area contributed by atoms with Crippen LogP contribution in [-0.4, -0.2) is 16.0 Å². The van der Waals surface area contributed by atoms with Gasteiger partial charge in [-0.15, -0.1) is 0 Å². The molecule has 5 nitrogen and oxygen atoms in total. The summed E-state index contributed by atoms with van der Waals surface area (Å²) in [6.45, 7) is 5.95. The highest BCUT2D eigenvalue weighted by Gasteiger charge is 2.17. The van der Waals surface area contributed by atoms with Gasteiger partial charge in [0.25, 0.3) is 5.89 Å². The van der Waals surface area contributed by atoms with Crippen LogP contribution >= 0.6 is 15.9 Å². The molecule has 0 radical (unpaired) electrons. The maximum atomic E-state index is 12.5. The van der Waals surface area contributed by atoms with Crippen LogP contribution in [0.1, 0.15) is 36.7 Å². The van der Waals surface area contributed by atoms with Gasteiger partial charge in [0.05, 0.1) is 17.7 Å². The fourth-order valence-corrected chi connectivity index (χ4v) is 2.83. The molecule has 134 valence electrons. The molecule has 1 N–H and O–H groups in total. The Morgan fingerprint density at radius 1 is 1.19 bits per heavy atom. The summed E-state index contributed by atoms with van der Waals surface area (Å²) < 4.78 is 6.39. The number of rotatable bonds is 5. The van der Waals surface area contributed by atoms with Crippen molar-refractivity contribution in [3.63, 3.8) is 0 Å². The van der Waals surface area contributed by atoms with E-state index in [9.17, 15) is 4.79 Å². The number of para-hydroxylation sites is 1. The van der Waals surface area contributed by atoms with Crippen LogP contribution < -0.4 is 5.32 Å². The van der Waals surface area contributed by atoms with Crippen molar-refractivity contribution in [1.29, 1.82) is 0 Å². The number of anilines is 1. The highest BCUT2D eigenvalue weighted by Crippen LogP contribution is 2.30. The number of hydrogen-bond donors (Lipinski definition) is 1. The van der Waals surface area contributed by atoms with E-state index in [1.807, 2.05) is 63.2 Å². The second-order valence-corrected chi connectivity index (χ2v) is 7.38. The first-order valence-corrected chi connectivity index (χ1v) is 9.21. The molecule has 0 saturated heterocycles. The van der Waals surface area contributed by atoms with Crippen molar-refractivity contribution in [3.05, 3.63) is 63.9 Å². The van der Waals surface area contributed by atoms with Crippen LogP contribution in [0.4, 0.5) is 5.69 Å². The van der Waals surface area contributed by atoms with Crippen LogP contribution in [-0.2, 0) is 11.2 Å². The number of nitrogens with zero attached hydrogens (tertiary/aromatic N) is 2. The van der Waals surface area contributed by atoms with Crippen LogP contribution in [0.25, 0.3) is 11.5 Å². The van der Waals surface area contributed by atoms with Crippen molar-refractivity contribution >= 4 is 27.5 Å². The van der Waals surface area contributed by atoms with E-state index < -0.39 is 0 Å². The van der Waals surface area contributed by atoms with E-state index in [1.54, 1.807) is 0 Å². The topological polar surface area (TPSA) is 68.0 Å². The van der Waals surface area contributed by atoms with Crippen molar-refractivity contribution in [2.24, 2.45) is 0 Å². The molecule has 2 aromatic carbocycles. The molecule has 0 aliphatic heterocycles. The molecule has 3 aromatic rings. The Kier molecular flexibility index (Phi) is 5.52. The summed E-state index contributed by atoms with van der Waals surface area (Å²) >= 11 is 3.40. The molecule has 1 heterocycles. The number of hydrogen-bond acceptors (Lipinski definition) is 4. The summed E-state index contributed by atoms with van der Waals surface area (Å²) in [5.41, 5.74) is 3.32. The third kappa shape index (κ3) is 4.19. The van der Waals surface area contributed by atoms with Gasteiger partial charge in [0.2, 0.25) is 5.91 Å². The summed E-state index contributed by atoms with van der Waals surface area (Å²) in [5, 5.41) is 7.02. The Morgan fingerprint density at radius 2 is 1.92 bits per heavy atom. The van der Waals surface area contributed by atoms with E-state index in [2.05, 4.69) is 31.4 Å².